The molecule has 5 nitrogen and oxygen atoms in total. The molecule has 1 saturated heterocycles. The Labute approximate surface area is 164 Å². The molecule has 0 saturated carbocycles. The Kier molecular flexibility index (Phi) is 6.19. The molecule has 3 heterocycles. The van der Waals surface area contributed by atoms with Crippen LogP contribution in [-0.2, 0) is 4.74 Å². The predicted octanol–water partition coefficient (Wildman–Crippen LogP) is 3.92. The number of hydrogen-bond donors (Lipinski definition) is 2. The number of halogens is 1. The second-order valence-corrected chi connectivity index (χ2v) is 7.81. The molecule has 2 aliphatic rings. The number of hydrogen-bond acceptors (Lipinski definition) is 6. The van der Waals surface area contributed by atoms with Crippen LogP contribution in [0.25, 0.3) is 0 Å². The van der Waals surface area contributed by atoms with Crippen molar-refractivity contribution in [2.24, 2.45) is 4.99 Å². The fraction of sp³-hybridized carbons (Fsp3) is 0.421. The van der Waals surface area contributed by atoms with Gasteiger partial charge >= 0.3 is 0 Å². The van der Waals surface area contributed by atoms with Crippen molar-refractivity contribution in [3.8, 4) is 0 Å². The van der Waals surface area contributed by atoms with Crippen molar-refractivity contribution in [2.75, 3.05) is 38.7 Å². The van der Waals surface area contributed by atoms with Gasteiger partial charge in [-0.25, -0.2) is 4.99 Å². The lowest BCUT2D eigenvalue weighted by molar-refractivity contribution is 0.168. The number of piperazine rings is 1. The molecule has 0 bridgehead atoms. The zero-order valence-corrected chi connectivity index (χ0v) is 16.8. The standard InChI is InChI=1S/C19H24N4OS.ClH/c1-13-11-15-18(23-9-8-20-14(12-23)7-10-24-2)21-16-5-3-4-6-17(16)22-19(15)25-13;/h3-6,11,14,20,22H,7-10,12H2,1-2H3;1H. The molecule has 1 fully saturated rings. The van der Waals surface area contributed by atoms with Gasteiger partial charge in [-0.15, -0.1) is 23.7 Å². The lowest BCUT2D eigenvalue weighted by Crippen LogP contribution is -2.53. The van der Waals surface area contributed by atoms with Crippen molar-refractivity contribution in [1.82, 2.24) is 10.2 Å². The van der Waals surface area contributed by atoms with Crippen molar-refractivity contribution < 1.29 is 4.74 Å². The first-order valence-corrected chi connectivity index (χ1v) is 9.59. The highest BCUT2D eigenvalue weighted by atomic mass is 35.5. The molecule has 2 aromatic rings. The highest BCUT2D eigenvalue weighted by Crippen LogP contribution is 2.39. The summed E-state index contributed by atoms with van der Waals surface area (Å²) in [4.78, 5) is 8.78. The molecule has 2 N–H and O–H groups in total. The van der Waals surface area contributed by atoms with Gasteiger partial charge in [0.2, 0.25) is 0 Å². The number of benzene rings is 1. The lowest BCUT2D eigenvalue weighted by atomic mass is 10.1. The number of rotatable bonds is 3. The number of amidine groups is 1. The smallest absolute Gasteiger partial charge is 0.139 e. The number of anilines is 2. The van der Waals surface area contributed by atoms with Crippen LogP contribution in [0.2, 0.25) is 0 Å². The number of fused-ring (bicyclic) bond motifs is 2. The minimum absolute atomic E-state index is 0. The van der Waals surface area contributed by atoms with Gasteiger partial charge in [0.05, 0.1) is 16.9 Å². The third-order valence-corrected chi connectivity index (χ3v) is 5.67. The quantitative estimate of drug-likeness (QED) is 0.831. The van der Waals surface area contributed by atoms with Gasteiger partial charge in [0.25, 0.3) is 0 Å². The molecule has 7 heteroatoms. The molecular weight excluding hydrogens is 368 g/mol. The van der Waals surface area contributed by atoms with Crippen molar-refractivity contribution in [3.05, 3.63) is 40.8 Å². The van der Waals surface area contributed by atoms with E-state index in [4.69, 9.17) is 9.73 Å². The van der Waals surface area contributed by atoms with Gasteiger partial charge in [-0.1, -0.05) is 12.1 Å². The van der Waals surface area contributed by atoms with Crippen molar-refractivity contribution in [3.63, 3.8) is 0 Å². The number of nitrogens with one attached hydrogen (secondary N) is 2. The van der Waals surface area contributed by atoms with Gasteiger partial charge in [-0.2, -0.15) is 0 Å². The molecule has 140 valence electrons. The molecular formula is C19H25ClN4OS. The number of para-hydroxylation sites is 2. The Hall–Kier alpha value is -1.60. The molecule has 2 aliphatic heterocycles. The highest BCUT2D eigenvalue weighted by molar-refractivity contribution is 7.16. The molecule has 1 unspecified atom stereocenters. The summed E-state index contributed by atoms with van der Waals surface area (Å²) in [6.45, 7) is 5.84. The predicted molar refractivity (Wildman–Crippen MR) is 112 cm³/mol. The summed E-state index contributed by atoms with van der Waals surface area (Å²) in [5.74, 6) is 1.08. The van der Waals surface area contributed by atoms with Crippen LogP contribution in [0.15, 0.2) is 35.3 Å². The van der Waals surface area contributed by atoms with E-state index in [2.05, 4.69) is 46.7 Å². The van der Waals surface area contributed by atoms with Crippen LogP contribution < -0.4 is 10.6 Å². The van der Waals surface area contributed by atoms with Crippen LogP contribution in [0.1, 0.15) is 16.9 Å². The first-order chi connectivity index (χ1) is 12.2. The molecule has 0 amide bonds. The Balaban J connectivity index is 0.00000196. The molecule has 4 rings (SSSR count). The normalized spacial score (nSPS) is 18.8. The monoisotopic (exact) mass is 392 g/mol. The number of methoxy groups -OCH3 is 1. The molecule has 1 aromatic carbocycles. The lowest BCUT2D eigenvalue weighted by Gasteiger charge is -2.35. The van der Waals surface area contributed by atoms with Crippen molar-refractivity contribution in [1.29, 1.82) is 0 Å². The van der Waals surface area contributed by atoms with E-state index >= 15 is 0 Å². The van der Waals surface area contributed by atoms with Gasteiger partial charge in [-0.3, -0.25) is 0 Å². The van der Waals surface area contributed by atoms with Crippen molar-refractivity contribution in [2.45, 2.75) is 19.4 Å². The average molecular weight is 393 g/mol. The maximum Gasteiger partial charge on any atom is 0.139 e. The van der Waals surface area contributed by atoms with Gasteiger partial charge < -0.3 is 20.3 Å². The molecule has 0 spiro atoms. The van der Waals surface area contributed by atoms with Crippen LogP contribution in [-0.4, -0.2) is 50.1 Å². The summed E-state index contributed by atoms with van der Waals surface area (Å²) in [5.41, 5.74) is 3.29. The average Bonchev–Trinajstić information content (AvgIpc) is 2.91. The van der Waals surface area contributed by atoms with E-state index in [-0.39, 0.29) is 12.4 Å². The fourth-order valence-corrected chi connectivity index (χ4v) is 4.38. The minimum Gasteiger partial charge on any atom is -0.385 e. The zero-order valence-electron chi connectivity index (χ0n) is 15.1. The third-order valence-electron chi connectivity index (χ3n) is 4.70. The Bertz CT molecular complexity index is 792. The van der Waals surface area contributed by atoms with E-state index in [1.54, 1.807) is 18.4 Å². The number of thiophene rings is 1. The fourth-order valence-electron chi connectivity index (χ4n) is 3.46. The van der Waals surface area contributed by atoms with Gasteiger partial charge in [-0.05, 0) is 31.5 Å². The maximum absolute atomic E-state index is 5.25. The SMILES string of the molecule is COCCC1CN(C2=Nc3ccccc3Nc3sc(C)cc32)CCN1.Cl. The highest BCUT2D eigenvalue weighted by Gasteiger charge is 2.27. The van der Waals surface area contributed by atoms with E-state index in [0.29, 0.717) is 6.04 Å². The Morgan fingerprint density at radius 3 is 3.04 bits per heavy atom. The molecule has 0 aliphatic carbocycles. The molecule has 1 atom stereocenters. The van der Waals surface area contributed by atoms with Crippen molar-refractivity contribution >= 4 is 46.0 Å². The first kappa shape index (κ1) is 19.2. The van der Waals surface area contributed by atoms with E-state index in [9.17, 15) is 0 Å². The number of ether oxygens (including phenoxy) is 1. The first-order valence-electron chi connectivity index (χ1n) is 8.77. The van der Waals surface area contributed by atoms with Crippen LogP contribution in [0.5, 0.6) is 0 Å². The van der Waals surface area contributed by atoms with Crippen LogP contribution in [0.4, 0.5) is 16.4 Å². The second-order valence-electron chi connectivity index (χ2n) is 6.56. The largest absolute Gasteiger partial charge is 0.385 e. The van der Waals surface area contributed by atoms with Gasteiger partial charge in [0.15, 0.2) is 0 Å². The topological polar surface area (TPSA) is 48.9 Å². The van der Waals surface area contributed by atoms with E-state index in [1.165, 1.54) is 15.4 Å². The summed E-state index contributed by atoms with van der Waals surface area (Å²) in [6.07, 6.45) is 1.02. The number of nitrogens with zero attached hydrogens (tertiary/aromatic N) is 2. The minimum atomic E-state index is 0. The molecule has 0 radical (unpaired) electrons. The van der Waals surface area contributed by atoms with E-state index in [1.807, 2.05) is 6.07 Å². The molecule has 1 aromatic heterocycles. The third kappa shape index (κ3) is 3.88. The number of aryl methyl sites for hydroxylation is 1. The Morgan fingerprint density at radius 2 is 2.19 bits per heavy atom. The van der Waals surface area contributed by atoms with E-state index in [0.717, 1.165) is 49.9 Å². The van der Waals surface area contributed by atoms with Gasteiger partial charge in [0, 0.05) is 44.3 Å². The van der Waals surface area contributed by atoms with Crippen LogP contribution in [0, 0.1) is 6.92 Å². The van der Waals surface area contributed by atoms with Crippen LogP contribution in [0.3, 0.4) is 0 Å². The summed E-state index contributed by atoms with van der Waals surface area (Å²) in [5, 5.41) is 8.37. The summed E-state index contributed by atoms with van der Waals surface area (Å²) in [7, 11) is 1.76. The van der Waals surface area contributed by atoms with Crippen LogP contribution >= 0.6 is 23.7 Å². The maximum atomic E-state index is 5.25. The summed E-state index contributed by atoms with van der Waals surface area (Å²) in [6, 6.07) is 11.0. The Morgan fingerprint density at radius 1 is 1.35 bits per heavy atom. The second kappa shape index (κ2) is 8.39. The van der Waals surface area contributed by atoms with E-state index < -0.39 is 0 Å². The molecule has 26 heavy (non-hydrogen) atoms. The summed E-state index contributed by atoms with van der Waals surface area (Å²) >= 11 is 1.80. The number of aliphatic imine (C=N–C) groups is 1. The van der Waals surface area contributed by atoms with Gasteiger partial charge in [0.1, 0.15) is 10.8 Å². The summed E-state index contributed by atoms with van der Waals surface area (Å²) < 4.78 is 5.25. The zero-order chi connectivity index (χ0) is 17.2.